The summed E-state index contributed by atoms with van der Waals surface area (Å²) >= 11 is 0. The van der Waals surface area contributed by atoms with Crippen molar-refractivity contribution >= 4 is 17.3 Å². The third-order valence-electron chi connectivity index (χ3n) is 4.48. The number of nitrogens with zero attached hydrogens (tertiary/aromatic N) is 2. The maximum Gasteiger partial charge on any atom is 0.292 e. The number of nitrogens with one attached hydrogen (secondary N) is 1. The Hall–Kier alpha value is -2.11. The fourth-order valence-electron chi connectivity index (χ4n) is 3.14. The summed E-state index contributed by atoms with van der Waals surface area (Å²) in [7, 11) is 0. The zero-order valence-corrected chi connectivity index (χ0v) is 15.0. The maximum absolute atomic E-state index is 12.0. The van der Waals surface area contributed by atoms with Gasteiger partial charge < -0.3 is 10.2 Å². The highest BCUT2D eigenvalue weighted by Crippen LogP contribution is 2.34. The Balaban J connectivity index is 2.09. The second kappa shape index (κ2) is 7.20. The minimum absolute atomic E-state index is 0.0431. The molecule has 0 radical (unpaired) electrons. The van der Waals surface area contributed by atoms with Crippen LogP contribution in [0.5, 0.6) is 0 Å². The van der Waals surface area contributed by atoms with E-state index < -0.39 is 5.41 Å². The summed E-state index contributed by atoms with van der Waals surface area (Å²) in [5.74, 6) is 0.353. The van der Waals surface area contributed by atoms with Crippen LogP contribution in [0.4, 0.5) is 11.4 Å². The SMILES string of the molecule is Cc1cccc([N+](=O)[O-])c1N1CCCC(CNC(=O)C(C)(C)C)C1. The van der Waals surface area contributed by atoms with Crippen molar-refractivity contribution in [2.75, 3.05) is 24.5 Å². The van der Waals surface area contributed by atoms with Gasteiger partial charge in [0.25, 0.3) is 5.69 Å². The van der Waals surface area contributed by atoms with Crippen molar-refractivity contribution in [1.29, 1.82) is 0 Å². The van der Waals surface area contributed by atoms with E-state index in [0.717, 1.165) is 31.5 Å². The van der Waals surface area contributed by atoms with E-state index in [1.54, 1.807) is 12.1 Å². The normalized spacial score (nSPS) is 18.3. The van der Waals surface area contributed by atoms with Gasteiger partial charge in [-0.1, -0.05) is 32.9 Å². The van der Waals surface area contributed by atoms with E-state index in [9.17, 15) is 14.9 Å². The molecule has 1 N–H and O–H groups in total. The van der Waals surface area contributed by atoms with Gasteiger partial charge in [-0.05, 0) is 31.2 Å². The summed E-state index contributed by atoms with van der Waals surface area (Å²) in [5.41, 5.74) is 1.40. The van der Waals surface area contributed by atoms with E-state index in [2.05, 4.69) is 10.2 Å². The number of rotatable bonds is 4. The number of carbonyl (C=O) groups is 1. The lowest BCUT2D eigenvalue weighted by atomic mass is 9.93. The van der Waals surface area contributed by atoms with Crippen LogP contribution in [0.25, 0.3) is 0 Å². The molecule has 0 aromatic heterocycles. The molecule has 1 amide bonds. The first kappa shape index (κ1) is 18.2. The topological polar surface area (TPSA) is 75.5 Å². The minimum Gasteiger partial charge on any atom is -0.365 e. The number of nitro groups is 1. The summed E-state index contributed by atoms with van der Waals surface area (Å²) in [5, 5.41) is 14.4. The number of hydrogen-bond donors (Lipinski definition) is 1. The molecular formula is C18H27N3O3. The third kappa shape index (κ3) is 4.24. The molecule has 1 aliphatic heterocycles. The number of para-hydroxylation sites is 1. The monoisotopic (exact) mass is 333 g/mol. The van der Waals surface area contributed by atoms with Crippen molar-refractivity contribution in [3.8, 4) is 0 Å². The van der Waals surface area contributed by atoms with Crippen LogP contribution in [0.3, 0.4) is 0 Å². The second-order valence-electron chi connectivity index (χ2n) is 7.61. The molecule has 1 atom stereocenters. The Labute approximate surface area is 143 Å². The number of benzene rings is 1. The lowest BCUT2D eigenvalue weighted by Gasteiger charge is -2.35. The zero-order chi connectivity index (χ0) is 17.9. The van der Waals surface area contributed by atoms with E-state index in [-0.39, 0.29) is 16.5 Å². The van der Waals surface area contributed by atoms with Crippen LogP contribution in [0.15, 0.2) is 18.2 Å². The molecule has 1 aromatic rings. The molecule has 0 bridgehead atoms. The van der Waals surface area contributed by atoms with E-state index in [1.165, 1.54) is 0 Å². The highest BCUT2D eigenvalue weighted by atomic mass is 16.6. The molecule has 1 aliphatic rings. The second-order valence-corrected chi connectivity index (χ2v) is 7.61. The van der Waals surface area contributed by atoms with Crippen molar-refractivity contribution in [2.45, 2.75) is 40.5 Å². The molecule has 1 saturated heterocycles. The molecule has 6 heteroatoms. The van der Waals surface area contributed by atoms with Gasteiger partial charge in [-0.2, -0.15) is 0 Å². The highest BCUT2D eigenvalue weighted by molar-refractivity contribution is 5.81. The predicted octanol–water partition coefficient (Wildman–Crippen LogP) is 3.28. The Bertz CT molecular complexity index is 622. The quantitative estimate of drug-likeness (QED) is 0.678. The van der Waals surface area contributed by atoms with Crippen LogP contribution in [-0.4, -0.2) is 30.5 Å². The van der Waals surface area contributed by atoms with Crippen LogP contribution in [0, 0.1) is 28.4 Å². The van der Waals surface area contributed by atoms with Gasteiger partial charge in [0.05, 0.1) is 4.92 Å². The molecule has 2 rings (SSSR count). The summed E-state index contributed by atoms with van der Waals surface area (Å²) in [6.07, 6.45) is 2.00. The van der Waals surface area contributed by atoms with Gasteiger partial charge in [-0.25, -0.2) is 0 Å². The van der Waals surface area contributed by atoms with Crippen LogP contribution in [0.2, 0.25) is 0 Å². The van der Waals surface area contributed by atoms with Crippen molar-refractivity contribution < 1.29 is 9.72 Å². The largest absolute Gasteiger partial charge is 0.365 e. The Kier molecular flexibility index (Phi) is 5.47. The molecule has 1 fully saturated rings. The number of aryl methyl sites for hydroxylation is 1. The predicted molar refractivity (Wildman–Crippen MR) is 95.2 cm³/mol. The Morgan fingerprint density at radius 3 is 2.75 bits per heavy atom. The lowest BCUT2D eigenvalue weighted by molar-refractivity contribution is -0.384. The molecular weight excluding hydrogens is 306 g/mol. The third-order valence-corrected chi connectivity index (χ3v) is 4.48. The average molecular weight is 333 g/mol. The maximum atomic E-state index is 12.0. The lowest BCUT2D eigenvalue weighted by Crippen LogP contribution is -2.43. The van der Waals surface area contributed by atoms with Gasteiger partial charge >= 0.3 is 0 Å². The van der Waals surface area contributed by atoms with Crippen LogP contribution in [0.1, 0.15) is 39.2 Å². The first-order valence-electron chi connectivity index (χ1n) is 8.47. The molecule has 1 aromatic carbocycles. The van der Waals surface area contributed by atoms with E-state index in [0.29, 0.717) is 18.2 Å². The molecule has 1 unspecified atom stereocenters. The highest BCUT2D eigenvalue weighted by Gasteiger charge is 2.28. The molecule has 0 saturated carbocycles. The number of amides is 1. The number of nitro benzene ring substituents is 1. The Morgan fingerprint density at radius 1 is 1.42 bits per heavy atom. The first-order valence-corrected chi connectivity index (χ1v) is 8.47. The average Bonchev–Trinajstić information content (AvgIpc) is 2.51. The summed E-state index contributed by atoms with van der Waals surface area (Å²) < 4.78 is 0. The van der Waals surface area contributed by atoms with Gasteiger partial charge in [-0.15, -0.1) is 0 Å². The van der Waals surface area contributed by atoms with Crippen LogP contribution >= 0.6 is 0 Å². The molecule has 0 aliphatic carbocycles. The van der Waals surface area contributed by atoms with Gasteiger partial charge in [-0.3, -0.25) is 14.9 Å². The van der Waals surface area contributed by atoms with E-state index in [4.69, 9.17) is 0 Å². The molecule has 132 valence electrons. The number of piperidine rings is 1. The molecule has 6 nitrogen and oxygen atoms in total. The molecule has 1 heterocycles. The van der Waals surface area contributed by atoms with Crippen LogP contribution in [-0.2, 0) is 4.79 Å². The van der Waals surface area contributed by atoms with Crippen molar-refractivity contribution in [1.82, 2.24) is 5.32 Å². The summed E-state index contributed by atoms with van der Waals surface area (Å²) in [6, 6.07) is 5.20. The standard InChI is InChI=1S/C18H27N3O3/c1-13-7-5-9-15(21(23)24)16(13)20-10-6-8-14(12-20)11-19-17(22)18(2,3)4/h5,7,9,14H,6,8,10-12H2,1-4H3,(H,19,22). The van der Waals surface area contributed by atoms with E-state index >= 15 is 0 Å². The van der Waals surface area contributed by atoms with Crippen LogP contribution < -0.4 is 10.2 Å². The van der Waals surface area contributed by atoms with Crippen molar-refractivity contribution in [2.24, 2.45) is 11.3 Å². The smallest absolute Gasteiger partial charge is 0.292 e. The van der Waals surface area contributed by atoms with Gasteiger partial charge in [0, 0.05) is 31.1 Å². The number of anilines is 1. The Morgan fingerprint density at radius 2 is 2.12 bits per heavy atom. The van der Waals surface area contributed by atoms with Crippen molar-refractivity contribution in [3.05, 3.63) is 33.9 Å². The minimum atomic E-state index is -0.400. The molecule has 24 heavy (non-hydrogen) atoms. The molecule has 0 spiro atoms. The fourth-order valence-corrected chi connectivity index (χ4v) is 3.14. The fraction of sp³-hybridized carbons (Fsp3) is 0.611. The van der Waals surface area contributed by atoms with Gasteiger partial charge in [0.1, 0.15) is 5.69 Å². The van der Waals surface area contributed by atoms with Gasteiger partial charge in [0.15, 0.2) is 0 Å². The van der Waals surface area contributed by atoms with E-state index in [1.807, 2.05) is 33.8 Å². The summed E-state index contributed by atoms with van der Waals surface area (Å²) in [4.78, 5) is 25.2. The number of hydrogen-bond acceptors (Lipinski definition) is 4. The van der Waals surface area contributed by atoms with Gasteiger partial charge in [0.2, 0.25) is 5.91 Å². The number of carbonyl (C=O) groups excluding carboxylic acids is 1. The summed E-state index contributed by atoms with van der Waals surface area (Å²) in [6.45, 7) is 9.76. The first-order chi connectivity index (χ1) is 11.2. The van der Waals surface area contributed by atoms with Crippen molar-refractivity contribution in [3.63, 3.8) is 0 Å². The zero-order valence-electron chi connectivity index (χ0n) is 15.0.